The van der Waals surface area contributed by atoms with Crippen molar-refractivity contribution >= 4 is 34.6 Å². The van der Waals surface area contributed by atoms with Crippen LogP contribution in [-0.2, 0) is 9.59 Å². The first kappa shape index (κ1) is 25.0. The van der Waals surface area contributed by atoms with E-state index in [2.05, 4.69) is 46.2 Å². The molecule has 0 saturated carbocycles. The predicted molar refractivity (Wildman–Crippen MR) is 140 cm³/mol. The molecule has 2 amide bonds. The molecule has 188 valence electrons. The molecule has 0 aliphatic carbocycles. The number of anilines is 4. The van der Waals surface area contributed by atoms with Gasteiger partial charge in [-0.3, -0.25) is 9.59 Å². The summed E-state index contributed by atoms with van der Waals surface area (Å²) in [6, 6.07) is 13.3. The number of carbonyl (C=O) groups excluding carboxylic acids is 2. The van der Waals surface area contributed by atoms with Gasteiger partial charge in [-0.05, 0) is 75.8 Å². The number of nitrogens with zero attached hydrogens (tertiary/aromatic N) is 4. The van der Waals surface area contributed by atoms with Crippen LogP contribution in [0.1, 0.15) is 26.2 Å². The van der Waals surface area contributed by atoms with Crippen molar-refractivity contribution in [3.8, 4) is 0 Å². The van der Waals surface area contributed by atoms with Crippen LogP contribution in [0.25, 0.3) is 0 Å². The Morgan fingerprint density at radius 1 is 0.943 bits per heavy atom. The maximum Gasteiger partial charge on any atom is 0.229 e. The molecular weight excluding hydrogens is 445 g/mol. The molecule has 7 nitrogen and oxygen atoms in total. The standard InChI is InChI=1S/C27H36FN5O2/c1-19(34)29-25-17-21(28)5-10-26(25)32-14-11-20(12-15-32)27(35)31(4)22-6-8-23(9-7-22)33-16-13-24(18-33)30(2)3/h5-10,17,20,24H,11-16,18H2,1-4H3,(H,29,34). The Kier molecular flexibility index (Phi) is 7.60. The lowest BCUT2D eigenvalue weighted by atomic mass is 9.94. The third-order valence-electron chi connectivity index (χ3n) is 7.28. The van der Waals surface area contributed by atoms with E-state index in [1.165, 1.54) is 24.7 Å². The van der Waals surface area contributed by atoms with Crippen LogP contribution in [-0.4, -0.2) is 70.1 Å². The average Bonchev–Trinajstić information content (AvgIpc) is 3.34. The Morgan fingerprint density at radius 3 is 2.20 bits per heavy atom. The number of nitrogens with one attached hydrogen (secondary N) is 1. The normalized spacial score (nSPS) is 18.7. The summed E-state index contributed by atoms with van der Waals surface area (Å²) >= 11 is 0. The number of hydrogen-bond acceptors (Lipinski definition) is 5. The minimum Gasteiger partial charge on any atom is -0.370 e. The molecule has 8 heteroatoms. The lowest BCUT2D eigenvalue weighted by molar-refractivity contribution is -0.122. The molecule has 0 radical (unpaired) electrons. The Hall–Kier alpha value is -3.13. The van der Waals surface area contributed by atoms with Crippen LogP contribution < -0.4 is 20.0 Å². The van der Waals surface area contributed by atoms with Gasteiger partial charge in [0.25, 0.3) is 0 Å². The summed E-state index contributed by atoms with van der Waals surface area (Å²) in [6.45, 7) is 4.82. The van der Waals surface area contributed by atoms with Gasteiger partial charge in [-0.2, -0.15) is 0 Å². The summed E-state index contributed by atoms with van der Waals surface area (Å²) in [4.78, 5) is 33.3. The highest BCUT2D eigenvalue weighted by molar-refractivity contribution is 5.95. The third-order valence-corrected chi connectivity index (χ3v) is 7.28. The van der Waals surface area contributed by atoms with Gasteiger partial charge in [0.05, 0.1) is 11.4 Å². The molecule has 2 aromatic rings. The van der Waals surface area contributed by atoms with E-state index in [0.717, 1.165) is 30.9 Å². The number of carbonyl (C=O) groups is 2. The van der Waals surface area contributed by atoms with Crippen LogP contribution in [0, 0.1) is 11.7 Å². The molecule has 4 rings (SSSR count). The number of piperidine rings is 1. The second-order valence-corrected chi connectivity index (χ2v) is 9.87. The highest BCUT2D eigenvalue weighted by atomic mass is 19.1. The largest absolute Gasteiger partial charge is 0.370 e. The molecule has 2 fully saturated rings. The zero-order valence-electron chi connectivity index (χ0n) is 21.1. The Bertz CT molecular complexity index is 1050. The van der Waals surface area contributed by atoms with E-state index in [0.29, 0.717) is 37.7 Å². The molecule has 0 aromatic heterocycles. The number of amides is 2. The second-order valence-electron chi connectivity index (χ2n) is 9.87. The number of hydrogen-bond donors (Lipinski definition) is 1. The van der Waals surface area contributed by atoms with E-state index in [-0.39, 0.29) is 17.7 Å². The van der Waals surface area contributed by atoms with Gasteiger partial charge in [0.2, 0.25) is 11.8 Å². The lowest BCUT2D eigenvalue weighted by Crippen LogP contribution is -2.41. The van der Waals surface area contributed by atoms with Gasteiger partial charge in [-0.25, -0.2) is 4.39 Å². The van der Waals surface area contributed by atoms with Gasteiger partial charge in [0.15, 0.2) is 0 Å². The molecule has 2 heterocycles. The zero-order chi connectivity index (χ0) is 25.1. The number of rotatable bonds is 6. The fourth-order valence-corrected chi connectivity index (χ4v) is 5.13. The van der Waals surface area contributed by atoms with Gasteiger partial charge >= 0.3 is 0 Å². The Morgan fingerprint density at radius 2 is 1.60 bits per heavy atom. The molecular formula is C27H36FN5O2. The van der Waals surface area contributed by atoms with Crippen LogP contribution in [0.4, 0.5) is 27.1 Å². The number of likely N-dealkylation sites (N-methyl/N-ethyl adjacent to an activating group) is 1. The highest BCUT2D eigenvalue weighted by Crippen LogP contribution is 2.32. The maximum absolute atomic E-state index is 13.7. The van der Waals surface area contributed by atoms with Gasteiger partial charge < -0.3 is 24.9 Å². The molecule has 0 spiro atoms. The average molecular weight is 482 g/mol. The van der Waals surface area contributed by atoms with E-state index in [4.69, 9.17) is 0 Å². The van der Waals surface area contributed by atoms with Crippen molar-refractivity contribution in [3.63, 3.8) is 0 Å². The van der Waals surface area contributed by atoms with E-state index in [9.17, 15) is 14.0 Å². The van der Waals surface area contributed by atoms with Gasteiger partial charge in [-0.15, -0.1) is 0 Å². The molecule has 2 saturated heterocycles. The fraction of sp³-hybridized carbons (Fsp3) is 0.481. The molecule has 1 atom stereocenters. The van der Waals surface area contributed by atoms with Crippen LogP contribution in [0.2, 0.25) is 0 Å². The summed E-state index contributed by atoms with van der Waals surface area (Å²) < 4.78 is 13.7. The summed E-state index contributed by atoms with van der Waals surface area (Å²) in [6.07, 6.45) is 2.58. The van der Waals surface area contributed by atoms with E-state index in [1.54, 1.807) is 11.0 Å². The van der Waals surface area contributed by atoms with Crippen molar-refractivity contribution in [1.29, 1.82) is 0 Å². The monoisotopic (exact) mass is 481 g/mol. The molecule has 0 bridgehead atoms. The maximum atomic E-state index is 13.7. The fourth-order valence-electron chi connectivity index (χ4n) is 5.13. The molecule has 35 heavy (non-hydrogen) atoms. The summed E-state index contributed by atoms with van der Waals surface area (Å²) in [5.41, 5.74) is 3.35. The van der Waals surface area contributed by atoms with Crippen molar-refractivity contribution in [2.24, 2.45) is 5.92 Å². The van der Waals surface area contributed by atoms with E-state index >= 15 is 0 Å². The first-order valence-corrected chi connectivity index (χ1v) is 12.3. The first-order chi connectivity index (χ1) is 16.7. The predicted octanol–water partition coefficient (Wildman–Crippen LogP) is 3.80. The molecule has 1 N–H and O–H groups in total. The van der Waals surface area contributed by atoms with Crippen molar-refractivity contribution < 1.29 is 14.0 Å². The van der Waals surface area contributed by atoms with Crippen molar-refractivity contribution in [2.45, 2.75) is 32.2 Å². The van der Waals surface area contributed by atoms with Crippen LogP contribution >= 0.6 is 0 Å². The number of benzene rings is 2. The van der Waals surface area contributed by atoms with Crippen molar-refractivity contribution in [3.05, 3.63) is 48.3 Å². The smallest absolute Gasteiger partial charge is 0.229 e. The van der Waals surface area contributed by atoms with Gasteiger partial charge in [-0.1, -0.05) is 0 Å². The number of halogens is 1. The molecule has 2 aromatic carbocycles. The van der Waals surface area contributed by atoms with E-state index < -0.39 is 5.82 Å². The summed E-state index contributed by atoms with van der Waals surface area (Å²) in [5.74, 6) is -0.582. The molecule has 2 aliphatic rings. The zero-order valence-corrected chi connectivity index (χ0v) is 21.1. The summed E-state index contributed by atoms with van der Waals surface area (Å²) in [7, 11) is 6.10. The second kappa shape index (κ2) is 10.6. The molecule has 2 aliphatic heterocycles. The minimum absolute atomic E-state index is 0.0694. The topological polar surface area (TPSA) is 59.1 Å². The SMILES string of the molecule is CC(=O)Nc1cc(F)ccc1N1CCC(C(=O)N(C)c2ccc(N3CCC(N(C)C)C3)cc2)CC1. The van der Waals surface area contributed by atoms with Crippen molar-refractivity contribution in [2.75, 3.05) is 67.3 Å². The lowest BCUT2D eigenvalue weighted by Gasteiger charge is -2.35. The van der Waals surface area contributed by atoms with Crippen molar-refractivity contribution in [1.82, 2.24) is 4.90 Å². The third kappa shape index (κ3) is 5.75. The highest BCUT2D eigenvalue weighted by Gasteiger charge is 2.29. The van der Waals surface area contributed by atoms with Gasteiger partial charge in [0.1, 0.15) is 5.82 Å². The molecule has 1 unspecified atom stereocenters. The van der Waals surface area contributed by atoms with Crippen LogP contribution in [0.15, 0.2) is 42.5 Å². The van der Waals surface area contributed by atoms with E-state index in [1.807, 2.05) is 19.2 Å². The van der Waals surface area contributed by atoms with Crippen LogP contribution in [0.3, 0.4) is 0 Å². The quantitative estimate of drug-likeness (QED) is 0.680. The first-order valence-electron chi connectivity index (χ1n) is 12.3. The van der Waals surface area contributed by atoms with Crippen LogP contribution in [0.5, 0.6) is 0 Å². The van der Waals surface area contributed by atoms with Gasteiger partial charge in [0, 0.05) is 63.5 Å². The summed E-state index contributed by atoms with van der Waals surface area (Å²) in [5, 5.41) is 2.72. The Balaban J connectivity index is 1.35. The Labute approximate surface area is 207 Å². The minimum atomic E-state index is -0.391.